The van der Waals surface area contributed by atoms with E-state index in [1.54, 1.807) is 6.26 Å². The predicted molar refractivity (Wildman–Crippen MR) is 95.8 cm³/mol. The summed E-state index contributed by atoms with van der Waals surface area (Å²) in [5.41, 5.74) is 0. The van der Waals surface area contributed by atoms with Gasteiger partial charge in [0.1, 0.15) is 5.76 Å². The Balaban J connectivity index is 1.54. The number of furan rings is 1. The molecule has 2 aliphatic rings. The summed E-state index contributed by atoms with van der Waals surface area (Å²) in [4.78, 5) is 14.5. The van der Waals surface area contributed by atoms with Crippen LogP contribution in [0.15, 0.2) is 28.0 Å². The number of nitrogens with zero attached hydrogens (tertiary/aromatic N) is 4. The molecular formula is C17H23N5O2S. The molecular weight excluding hydrogens is 338 g/mol. The monoisotopic (exact) mass is 361 g/mol. The van der Waals surface area contributed by atoms with Gasteiger partial charge in [-0.05, 0) is 44.7 Å². The first-order valence-electron chi connectivity index (χ1n) is 8.88. The smallest absolute Gasteiger partial charge is 0.233 e. The van der Waals surface area contributed by atoms with Crippen LogP contribution in [0.4, 0.5) is 5.95 Å². The van der Waals surface area contributed by atoms with Crippen molar-refractivity contribution in [2.45, 2.75) is 55.6 Å². The predicted octanol–water partition coefficient (Wildman–Crippen LogP) is 2.28. The quantitative estimate of drug-likeness (QED) is 0.763. The topological polar surface area (TPSA) is 76.2 Å². The maximum absolute atomic E-state index is 12.3. The van der Waals surface area contributed by atoms with Gasteiger partial charge < -0.3 is 14.6 Å². The van der Waals surface area contributed by atoms with E-state index in [1.807, 2.05) is 19.1 Å². The average molecular weight is 361 g/mol. The van der Waals surface area contributed by atoms with Gasteiger partial charge in [-0.1, -0.05) is 11.8 Å². The lowest BCUT2D eigenvalue weighted by atomic mass is 10.4. The van der Waals surface area contributed by atoms with E-state index in [9.17, 15) is 4.79 Å². The number of carbonyl (C=O) groups is 1. The summed E-state index contributed by atoms with van der Waals surface area (Å²) >= 11 is 1.46. The lowest BCUT2D eigenvalue weighted by Gasteiger charge is -2.18. The second-order valence-corrected chi connectivity index (χ2v) is 7.99. The van der Waals surface area contributed by atoms with Crippen LogP contribution >= 0.6 is 11.8 Å². The molecule has 1 aliphatic heterocycles. The molecule has 1 amide bonds. The minimum Gasteiger partial charge on any atom is -0.467 e. The number of nitrogens with one attached hydrogen (secondary N) is 1. The van der Waals surface area contributed by atoms with Gasteiger partial charge in [0.2, 0.25) is 11.9 Å². The number of hydrogen-bond acceptors (Lipinski definition) is 6. The molecule has 8 heteroatoms. The van der Waals surface area contributed by atoms with Crippen molar-refractivity contribution in [1.29, 1.82) is 0 Å². The maximum atomic E-state index is 12.3. The molecule has 2 aromatic heterocycles. The highest BCUT2D eigenvalue weighted by Crippen LogP contribution is 2.29. The highest BCUT2D eigenvalue weighted by Gasteiger charge is 2.28. The molecule has 0 bridgehead atoms. The van der Waals surface area contributed by atoms with Crippen molar-refractivity contribution in [3.63, 3.8) is 0 Å². The molecule has 134 valence electrons. The largest absolute Gasteiger partial charge is 0.467 e. The zero-order chi connectivity index (χ0) is 17.2. The normalized spacial score (nSPS) is 18.5. The van der Waals surface area contributed by atoms with Gasteiger partial charge in [0.25, 0.3) is 0 Å². The van der Waals surface area contributed by atoms with E-state index >= 15 is 0 Å². The van der Waals surface area contributed by atoms with E-state index in [0.717, 1.165) is 42.8 Å². The fourth-order valence-electron chi connectivity index (χ4n) is 2.97. The van der Waals surface area contributed by atoms with E-state index in [0.29, 0.717) is 12.6 Å². The van der Waals surface area contributed by atoms with Crippen LogP contribution in [0.2, 0.25) is 0 Å². The minimum absolute atomic E-state index is 0.0720. The molecule has 1 saturated carbocycles. The molecule has 1 atom stereocenters. The second kappa shape index (κ2) is 7.11. The lowest BCUT2D eigenvalue weighted by molar-refractivity contribution is -0.120. The number of aromatic nitrogens is 3. The van der Waals surface area contributed by atoms with Crippen molar-refractivity contribution in [1.82, 2.24) is 20.1 Å². The third kappa shape index (κ3) is 3.84. The van der Waals surface area contributed by atoms with Gasteiger partial charge in [0.15, 0.2) is 5.16 Å². The summed E-state index contributed by atoms with van der Waals surface area (Å²) in [5.74, 6) is 1.80. The van der Waals surface area contributed by atoms with Gasteiger partial charge in [-0.15, -0.1) is 10.2 Å². The fourth-order valence-corrected chi connectivity index (χ4v) is 3.83. The van der Waals surface area contributed by atoms with Crippen LogP contribution in [0.5, 0.6) is 0 Å². The van der Waals surface area contributed by atoms with E-state index in [1.165, 1.54) is 24.6 Å². The number of hydrogen-bond donors (Lipinski definition) is 1. The first kappa shape index (κ1) is 16.5. The van der Waals surface area contributed by atoms with E-state index < -0.39 is 0 Å². The van der Waals surface area contributed by atoms with Crippen molar-refractivity contribution < 1.29 is 9.21 Å². The number of anilines is 1. The Morgan fingerprint density at radius 1 is 1.40 bits per heavy atom. The molecule has 2 fully saturated rings. The molecule has 4 rings (SSSR count). The molecule has 2 aromatic rings. The summed E-state index contributed by atoms with van der Waals surface area (Å²) in [6, 6.07) is 4.20. The molecule has 1 aliphatic carbocycles. The Morgan fingerprint density at radius 3 is 2.88 bits per heavy atom. The van der Waals surface area contributed by atoms with E-state index in [2.05, 4.69) is 25.0 Å². The van der Waals surface area contributed by atoms with E-state index in [4.69, 9.17) is 4.42 Å². The first-order chi connectivity index (χ1) is 12.2. The number of carbonyl (C=O) groups excluding carboxylic acids is 1. The van der Waals surface area contributed by atoms with Gasteiger partial charge in [-0.25, -0.2) is 0 Å². The fraction of sp³-hybridized carbons (Fsp3) is 0.588. The molecule has 3 heterocycles. The van der Waals surface area contributed by atoms with Crippen LogP contribution in [-0.2, 0) is 11.3 Å². The average Bonchev–Trinajstić information content (AvgIpc) is 3.03. The summed E-state index contributed by atoms with van der Waals surface area (Å²) in [6.07, 6.45) is 6.22. The highest BCUT2D eigenvalue weighted by molar-refractivity contribution is 8.00. The van der Waals surface area contributed by atoms with Crippen LogP contribution in [0.3, 0.4) is 0 Å². The Bertz CT molecular complexity index is 719. The highest BCUT2D eigenvalue weighted by atomic mass is 32.2. The SMILES string of the molecule is C[C@H](Sc1nnc(N2CCCC2)n1Cc1ccco1)C(=O)NC1CC1. The number of rotatable bonds is 7. The molecule has 0 aromatic carbocycles. The van der Waals surface area contributed by atoms with Crippen molar-refractivity contribution in [3.8, 4) is 0 Å². The first-order valence-corrected chi connectivity index (χ1v) is 9.76. The van der Waals surface area contributed by atoms with Gasteiger partial charge in [0.05, 0.1) is 18.1 Å². The summed E-state index contributed by atoms with van der Waals surface area (Å²) in [7, 11) is 0. The third-order valence-electron chi connectivity index (χ3n) is 4.56. The molecule has 0 unspecified atom stereocenters. The maximum Gasteiger partial charge on any atom is 0.233 e. The van der Waals surface area contributed by atoms with Gasteiger partial charge in [0, 0.05) is 19.1 Å². The Labute approximate surface area is 151 Å². The zero-order valence-corrected chi connectivity index (χ0v) is 15.2. The van der Waals surface area contributed by atoms with Gasteiger partial charge >= 0.3 is 0 Å². The number of thioether (sulfide) groups is 1. The van der Waals surface area contributed by atoms with Crippen LogP contribution in [0.1, 0.15) is 38.4 Å². The van der Waals surface area contributed by atoms with Crippen LogP contribution in [0, 0.1) is 0 Å². The zero-order valence-electron chi connectivity index (χ0n) is 14.4. The van der Waals surface area contributed by atoms with Crippen molar-refractivity contribution >= 4 is 23.6 Å². The van der Waals surface area contributed by atoms with Crippen molar-refractivity contribution in [2.75, 3.05) is 18.0 Å². The third-order valence-corrected chi connectivity index (χ3v) is 5.64. The standard InChI is InChI=1S/C17H23N5O2S/c1-12(15(23)18-13-6-7-13)25-17-20-19-16(21-8-2-3-9-21)22(17)11-14-5-4-10-24-14/h4-5,10,12-13H,2-3,6-9,11H2,1H3,(H,18,23)/t12-/m0/s1. The molecule has 7 nitrogen and oxygen atoms in total. The molecule has 1 N–H and O–H groups in total. The summed E-state index contributed by atoms with van der Waals surface area (Å²) < 4.78 is 7.57. The van der Waals surface area contributed by atoms with E-state index in [-0.39, 0.29) is 11.2 Å². The molecule has 0 spiro atoms. The Hall–Kier alpha value is -1.96. The minimum atomic E-state index is -0.202. The van der Waals surface area contributed by atoms with Gasteiger partial charge in [-0.3, -0.25) is 9.36 Å². The molecule has 25 heavy (non-hydrogen) atoms. The van der Waals surface area contributed by atoms with Crippen LogP contribution < -0.4 is 10.2 Å². The summed E-state index contributed by atoms with van der Waals surface area (Å²) in [5, 5.41) is 12.4. The molecule has 0 radical (unpaired) electrons. The van der Waals surface area contributed by atoms with Crippen LogP contribution in [0.25, 0.3) is 0 Å². The number of amides is 1. The van der Waals surface area contributed by atoms with Crippen LogP contribution in [-0.4, -0.2) is 45.1 Å². The summed E-state index contributed by atoms with van der Waals surface area (Å²) in [6.45, 7) is 4.49. The van der Waals surface area contributed by atoms with Crippen molar-refractivity contribution in [2.24, 2.45) is 0 Å². The van der Waals surface area contributed by atoms with Crippen molar-refractivity contribution in [3.05, 3.63) is 24.2 Å². The van der Waals surface area contributed by atoms with Gasteiger partial charge in [-0.2, -0.15) is 0 Å². The Kier molecular flexibility index (Phi) is 4.70. The second-order valence-electron chi connectivity index (χ2n) is 6.69. The lowest BCUT2D eigenvalue weighted by Crippen LogP contribution is -2.32. The molecule has 1 saturated heterocycles. The Morgan fingerprint density at radius 2 is 2.20 bits per heavy atom.